The number of carbonyl (C=O) groups excluding carboxylic acids is 2. The molecular formula is C35H38ClN3O4S2. The molecule has 0 unspecified atom stereocenters. The number of thioether (sulfide) groups is 1. The van der Waals surface area contributed by atoms with Crippen LogP contribution >= 0.6 is 23.4 Å². The molecule has 0 aromatic heterocycles. The minimum Gasteiger partial charge on any atom is -0.352 e. The summed E-state index contributed by atoms with van der Waals surface area (Å²) in [5.41, 5.74) is 2.78. The number of rotatable bonds is 13. The number of carbonyl (C=O) groups is 2. The van der Waals surface area contributed by atoms with Crippen molar-refractivity contribution in [1.82, 2.24) is 10.2 Å². The van der Waals surface area contributed by atoms with E-state index in [2.05, 4.69) is 5.32 Å². The van der Waals surface area contributed by atoms with Crippen LogP contribution in [0.2, 0.25) is 5.02 Å². The first-order valence-electron chi connectivity index (χ1n) is 14.6. The number of anilines is 1. The van der Waals surface area contributed by atoms with E-state index in [1.165, 1.54) is 16.7 Å². The van der Waals surface area contributed by atoms with Gasteiger partial charge in [0.2, 0.25) is 11.8 Å². The standard InChI is InChI=1S/C35H38ClN3O4S2/c1-25(2)37-35(41)33(22-27-10-6-5-7-11-27)38(23-28-12-8-9-13-32(28)36)34(40)24-39(29-16-14-26(3)15-17-29)45(42,43)31-20-18-30(44-4)19-21-31/h5-21,25,33H,22-24H2,1-4H3,(H,37,41)/t33-/m0/s1. The van der Waals surface area contributed by atoms with Gasteiger partial charge in [-0.15, -0.1) is 11.8 Å². The molecule has 1 atom stereocenters. The van der Waals surface area contributed by atoms with Gasteiger partial charge in [-0.1, -0.05) is 77.8 Å². The molecule has 0 heterocycles. The zero-order chi connectivity index (χ0) is 32.6. The van der Waals surface area contributed by atoms with Crippen LogP contribution in [-0.2, 0) is 32.6 Å². The topological polar surface area (TPSA) is 86.8 Å². The molecule has 236 valence electrons. The minimum atomic E-state index is -4.18. The molecule has 0 fully saturated rings. The molecule has 7 nitrogen and oxygen atoms in total. The van der Waals surface area contributed by atoms with Crippen molar-refractivity contribution in [1.29, 1.82) is 0 Å². The van der Waals surface area contributed by atoms with Gasteiger partial charge in [0.05, 0.1) is 10.6 Å². The highest BCUT2D eigenvalue weighted by molar-refractivity contribution is 7.98. The number of hydrogen-bond acceptors (Lipinski definition) is 5. The molecule has 45 heavy (non-hydrogen) atoms. The SMILES string of the molecule is CSc1ccc(S(=O)(=O)N(CC(=O)N(Cc2ccccc2Cl)[C@@H](Cc2ccccc2)C(=O)NC(C)C)c2ccc(C)cc2)cc1. The van der Waals surface area contributed by atoms with Crippen LogP contribution in [0.3, 0.4) is 0 Å². The summed E-state index contributed by atoms with van der Waals surface area (Å²) in [4.78, 5) is 30.7. The van der Waals surface area contributed by atoms with Crippen LogP contribution in [-0.4, -0.2) is 50.0 Å². The molecular weight excluding hydrogens is 626 g/mol. The first-order chi connectivity index (χ1) is 21.5. The molecule has 0 aliphatic heterocycles. The summed E-state index contributed by atoms with van der Waals surface area (Å²) in [6.45, 7) is 5.09. The molecule has 4 aromatic rings. The summed E-state index contributed by atoms with van der Waals surface area (Å²) in [6.07, 6.45) is 2.14. The Balaban J connectivity index is 1.81. The van der Waals surface area contributed by atoms with Crippen molar-refractivity contribution in [3.05, 3.63) is 125 Å². The average molecular weight is 664 g/mol. The van der Waals surface area contributed by atoms with Crippen LogP contribution in [0.4, 0.5) is 5.69 Å². The summed E-state index contributed by atoms with van der Waals surface area (Å²) < 4.78 is 29.5. The highest BCUT2D eigenvalue weighted by Gasteiger charge is 2.35. The van der Waals surface area contributed by atoms with Crippen molar-refractivity contribution in [2.45, 2.75) is 55.6 Å². The normalized spacial score (nSPS) is 12.0. The predicted molar refractivity (Wildman–Crippen MR) is 183 cm³/mol. The lowest BCUT2D eigenvalue weighted by molar-refractivity contribution is -0.140. The number of benzene rings is 4. The number of hydrogen-bond donors (Lipinski definition) is 1. The van der Waals surface area contributed by atoms with Crippen molar-refractivity contribution in [2.24, 2.45) is 0 Å². The van der Waals surface area contributed by atoms with Crippen LogP contribution in [0.25, 0.3) is 0 Å². The Labute approximate surface area is 275 Å². The zero-order valence-electron chi connectivity index (χ0n) is 25.8. The lowest BCUT2D eigenvalue weighted by Crippen LogP contribution is -2.54. The fourth-order valence-corrected chi connectivity index (χ4v) is 6.88. The maximum Gasteiger partial charge on any atom is 0.264 e. The smallest absolute Gasteiger partial charge is 0.264 e. The van der Waals surface area contributed by atoms with E-state index in [4.69, 9.17) is 11.6 Å². The maximum atomic E-state index is 14.5. The number of sulfonamides is 1. The molecule has 0 radical (unpaired) electrons. The summed E-state index contributed by atoms with van der Waals surface area (Å²) in [5.74, 6) is -0.883. The van der Waals surface area contributed by atoms with E-state index < -0.39 is 28.5 Å². The van der Waals surface area contributed by atoms with Crippen molar-refractivity contribution < 1.29 is 18.0 Å². The molecule has 0 saturated heterocycles. The number of halogens is 1. The molecule has 10 heteroatoms. The van der Waals surface area contributed by atoms with E-state index in [0.717, 1.165) is 20.3 Å². The first kappa shape index (κ1) is 34.1. The van der Waals surface area contributed by atoms with E-state index in [1.54, 1.807) is 66.7 Å². The van der Waals surface area contributed by atoms with Gasteiger partial charge in [0.25, 0.3) is 10.0 Å². The quantitative estimate of drug-likeness (QED) is 0.160. The highest BCUT2D eigenvalue weighted by atomic mass is 35.5. The first-order valence-corrected chi connectivity index (χ1v) is 17.6. The van der Waals surface area contributed by atoms with Crippen LogP contribution in [0.15, 0.2) is 113 Å². The van der Waals surface area contributed by atoms with Gasteiger partial charge in [-0.2, -0.15) is 0 Å². The molecule has 1 N–H and O–H groups in total. The van der Waals surface area contributed by atoms with Crippen molar-refractivity contribution in [3.8, 4) is 0 Å². The van der Waals surface area contributed by atoms with E-state index in [0.29, 0.717) is 16.3 Å². The zero-order valence-corrected chi connectivity index (χ0v) is 28.2. The van der Waals surface area contributed by atoms with Crippen LogP contribution < -0.4 is 9.62 Å². The third-order valence-electron chi connectivity index (χ3n) is 7.25. The van der Waals surface area contributed by atoms with Gasteiger partial charge >= 0.3 is 0 Å². The third kappa shape index (κ3) is 8.90. The van der Waals surface area contributed by atoms with E-state index in [9.17, 15) is 18.0 Å². The Morgan fingerprint density at radius 2 is 1.49 bits per heavy atom. The van der Waals surface area contributed by atoms with Gasteiger partial charge in [0, 0.05) is 28.9 Å². The second-order valence-corrected chi connectivity index (χ2v) is 14.2. The highest BCUT2D eigenvalue weighted by Crippen LogP contribution is 2.27. The van der Waals surface area contributed by atoms with E-state index in [1.807, 2.05) is 63.4 Å². The van der Waals surface area contributed by atoms with Gasteiger partial charge in [0.1, 0.15) is 12.6 Å². The Hall–Kier alpha value is -3.79. The molecule has 0 aliphatic rings. The number of amides is 2. The molecule has 0 aliphatic carbocycles. The molecule has 4 rings (SSSR count). The van der Waals surface area contributed by atoms with Crippen LogP contribution in [0.5, 0.6) is 0 Å². The second kappa shape index (κ2) is 15.5. The van der Waals surface area contributed by atoms with Crippen molar-refractivity contribution in [3.63, 3.8) is 0 Å². The van der Waals surface area contributed by atoms with Gasteiger partial charge in [0.15, 0.2) is 0 Å². The van der Waals surface area contributed by atoms with Gasteiger partial charge in [-0.3, -0.25) is 13.9 Å². The largest absolute Gasteiger partial charge is 0.352 e. The molecule has 0 saturated carbocycles. The monoisotopic (exact) mass is 663 g/mol. The fourth-order valence-electron chi connectivity index (χ4n) is 4.86. The molecule has 0 bridgehead atoms. The number of nitrogens with one attached hydrogen (secondary N) is 1. The average Bonchev–Trinajstić information content (AvgIpc) is 3.03. The van der Waals surface area contributed by atoms with E-state index >= 15 is 0 Å². The summed E-state index contributed by atoms with van der Waals surface area (Å²) in [5, 5.41) is 3.40. The Kier molecular flexibility index (Phi) is 11.7. The van der Waals surface area contributed by atoms with Crippen molar-refractivity contribution in [2.75, 3.05) is 17.1 Å². The molecule has 0 spiro atoms. The minimum absolute atomic E-state index is 0.00568. The fraction of sp³-hybridized carbons (Fsp3) is 0.257. The van der Waals surface area contributed by atoms with Gasteiger partial charge in [-0.05, 0) is 80.6 Å². The lowest BCUT2D eigenvalue weighted by atomic mass is 10.0. The predicted octanol–water partition coefficient (Wildman–Crippen LogP) is 6.73. The van der Waals surface area contributed by atoms with Gasteiger partial charge < -0.3 is 10.2 Å². The maximum absolute atomic E-state index is 14.5. The van der Waals surface area contributed by atoms with E-state index in [-0.39, 0.29) is 29.8 Å². The van der Waals surface area contributed by atoms with Crippen LogP contribution in [0.1, 0.15) is 30.5 Å². The second-order valence-electron chi connectivity index (χ2n) is 11.0. The summed E-state index contributed by atoms with van der Waals surface area (Å²) in [7, 11) is -4.18. The summed E-state index contributed by atoms with van der Waals surface area (Å²) in [6, 6.07) is 29.0. The lowest BCUT2D eigenvalue weighted by Gasteiger charge is -2.34. The van der Waals surface area contributed by atoms with Crippen LogP contribution in [0, 0.1) is 6.92 Å². The number of aryl methyl sites for hydroxylation is 1. The summed E-state index contributed by atoms with van der Waals surface area (Å²) >= 11 is 8.05. The molecule has 2 amide bonds. The molecule has 4 aromatic carbocycles. The number of nitrogens with zero attached hydrogens (tertiary/aromatic N) is 2. The Morgan fingerprint density at radius 1 is 0.867 bits per heavy atom. The Bertz CT molecular complexity index is 1700. The van der Waals surface area contributed by atoms with Gasteiger partial charge in [-0.25, -0.2) is 8.42 Å². The Morgan fingerprint density at radius 3 is 2.09 bits per heavy atom. The van der Waals surface area contributed by atoms with Crippen molar-refractivity contribution >= 4 is 50.9 Å². The third-order valence-corrected chi connectivity index (χ3v) is 10.1.